The number of carbonyl (C=O) groups excluding carboxylic acids is 2. The van der Waals surface area contributed by atoms with Crippen LogP contribution in [0, 0.1) is 5.92 Å². The summed E-state index contributed by atoms with van der Waals surface area (Å²) in [5, 5.41) is 6.30. The number of benzene rings is 1. The van der Waals surface area contributed by atoms with Crippen LogP contribution in [0.3, 0.4) is 0 Å². The van der Waals surface area contributed by atoms with E-state index in [0.29, 0.717) is 17.1 Å². The Morgan fingerprint density at radius 1 is 1.28 bits per heavy atom. The Morgan fingerprint density at radius 2 is 2.00 bits per heavy atom. The highest BCUT2D eigenvalue weighted by molar-refractivity contribution is 7.80. The van der Waals surface area contributed by atoms with Crippen LogP contribution in [0.15, 0.2) is 18.2 Å². The molecule has 1 amide bonds. The third-order valence-corrected chi connectivity index (χ3v) is 4.17. The molecule has 6 nitrogen and oxygen atoms in total. The Labute approximate surface area is 156 Å². The van der Waals surface area contributed by atoms with Crippen molar-refractivity contribution in [3.05, 3.63) is 23.8 Å². The van der Waals surface area contributed by atoms with Crippen LogP contribution in [0.2, 0.25) is 0 Å². The van der Waals surface area contributed by atoms with Gasteiger partial charge in [-0.05, 0) is 50.2 Å². The zero-order chi connectivity index (χ0) is 18.6. The zero-order valence-electron chi connectivity index (χ0n) is 14.6. The molecule has 0 radical (unpaired) electrons. The van der Waals surface area contributed by atoms with Crippen LogP contribution < -0.4 is 10.6 Å². The molecule has 0 aliphatic rings. The summed E-state index contributed by atoms with van der Waals surface area (Å²) in [4.78, 5) is 28.1. The molecule has 8 heteroatoms. The maximum atomic E-state index is 12.0. The number of hydrogen-bond acceptors (Lipinski definition) is 6. The maximum Gasteiger partial charge on any atom is 0.338 e. The van der Waals surface area contributed by atoms with Crippen LogP contribution >= 0.6 is 23.6 Å². The molecular formula is C17H21N3O3S2. The summed E-state index contributed by atoms with van der Waals surface area (Å²) in [5.41, 5.74) is 1.22. The summed E-state index contributed by atoms with van der Waals surface area (Å²) in [7, 11) is 0. The van der Waals surface area contributed by atoms with E-state index in [0.717, 1.165) is 10.2 Å². The van der Waals surface area contributed by atoms with Crippen LogP contribution in [-0.2, 0) is 9.53 Å². The van der Waals surface area contributed by atoms with E-state index in [1.165, 1.54) is 11.3 Å². The lowest BCUT2D eigenvalue weighted by Gasteiger charge is -2.08. The Morgan fingerprint density at radius 3 is 2.64 bits per heavy atom. The second-order valence-corrected chi connectivity index (χ2v) is 7.69. The van der Waals surface area contributed by atoms with Crippen LogP contribution in [0.4, 0.5) is 5.13 Å². The first-order valence-electron chi connectivity index (χ1n) is 7.97. The maximum absolute atomic E-state index is 12.0. The summed E-state index contributed by atoms with van der Waals surface area (Å²) in [5.74, 6) is -0.238. The molecule has 2 aromatic rings. The number of thiocarbonyl (C=S) groups is 1. The van der Waals surface area contributed by atoms with E-state index >= 15 is 0 Å². The normalized spacial score (nSPS) is 11.0. The molecule has 0 fully saturated rings. The van der Waals surface area contributed by atoms with E-state index in [4.69, 9.17) is 17.0 Å². The summed E-state index contributed by atoms with van der Waals surface area (Å²) in [6, 6.07) is 5.18. The molecule has 25 heavy (non-hydrogen) atoms. The molecule has 1 heterocycles. The molecule has 0 aliphatic carbocycles. The van der Waals surface area contributed by atoms with Crippen molar-refractivity contribution in [1.82, 2.24) is 10.3 Å². The molecule has 0 saturated carbocycles. The number of ether oxygens (including phenoxy) is 1. The fourth-order valence-corrected chi connectivity index (χ4v) is 3.25. The third kappa shape index (κ3) is 5.75. The predicted octanol–water partition coefficient (Wildman–Crippen LogP) is 3.72. The van der Waals surface area contributed by atoms with Crippen molar-refractivity contribution in [3.63, 3.8) is 0 Å². The van der Waals surface area contributed by atoms with E-state index in [1.54, 1.807) is 32.0 Å². The van der Waals surface area contributed by atoms with Gasteiger partial charge < -0.3 is 15.4 Å². The first-order chi connectivity index (χ1) is 11.7. The molecule has 1 aromatic carbocycles. The number of nitrogens with zero attached hydrogens (tertiary/aromatic N) is 1. The molecule has 134 valence electrons. The quantitative estimate of drug-likeness (QED) is 0.609. The van der Waals surface area contributed by atoms with Gasteiger partial charge in [-0.25, -0.2) is 9.78 Å². The SMILES string of the molecule is CC(C)CC(=O)NC(=S)Nc1nc2ccc(C(=O)OC(C)C)cc2s1. The van der Waals surface area contributed by atoms with Crippen molar-refractivity contribution in [1.29, 1.82) is 0 Å². The second-order valence-electron chi connectivity index (χ2n) is 6.26. The van der Waals surface area contributed by atoms with Gasteiger partial charge in [-0.15, -0.1) is 0 Å². The minimum Gasteiger partial charge on any atom is -0.459 e. The fraction of sp³-hybridized carbons (Fsp3) is 0.412. The molecule has 1 aromatic heterocycles. The summed E-state index contributed by atoms with van der Waals surface area (Å²) >= 11 is 6.48. The second kappa shape index (κ2) is 8.35. The number of rotatable bonds is 5. The molecule has 0 saturated heterocycles. The largest absolute Gasteiger partial charge is 0.459 e. The van der Waals surface area contributed by atoms with Gasteiger partial charge in [0.15, 0.2) is 10.2 Å². The zero-order valence-corrected chi connectivity index (χ0v) is 16.2. The lowest BCUT2D eigenvalue weighted by molar-refractivity contribution is -0.120. The van der Waals surface area contributed by atoms with Gasteiger partial charge in [0.2, 0.25) is 5.91 Å². The van der Waals surface area contributed by atoms with Gasteiger partial charge in [0.05, 0.1) is 21.9 Å². The molecule has 0 unspecified atom stereocenters. The Hall–Kier alpha value is -2.06. The summed E-state index contributed by atoms with van der Waals surface area (Å²) in [6.45, 7) is 7.54. The average molecular weight is 380 g/mol. The fourth-order valence-electron chi connectivity index (χ4n) is 2.06. The number of carbonyl (C=O) groups is 2. The van der Waals surface area contributed by atoms with Gasteiger partial charge in [0.1, 0.15) is 0 Å². The summed E-state index contributed by atoms with van der Waals surface area (Å²) in [6.07, 6.45) is 0.233. The van der Waals surface area contributed by atoms with Gasteiger partial charge in [-0.2, -0.15) is 0 Å². The van der Waals surface area contributed by atoms with Crippen LogP contribution in [-0.4, -0.2) is 28.1 Å². The monoisotopic (exact) mass is 379 g/mol. The smallest absolute Gasteiger partial charge is 0.338 e. The molecular weight excluding hydrogens is 358 g/mol. The molecule has 0 bridgehead atoms. The van der Waals surface area contributed by atoms with Crippen molar-refractivity contribution in [2.24, 2.45) is 5.92 Å². The van der Waals surface area contributed by atoms with Crippen molar-refractivity contribution < 1.29 is 14.3 Å². The van der Waals surface area contributed by atoms with E-state index in [-0.39, 0.29) is 29.0 Å². The van der Waals surface area contributed by atoms with Gasteiger partial charge in [0.25, 0.3) is 0 Å². The minimum atomic E-state index is -0.365. The number of thiazole rings is 1. The van der Waals surface area contributed by atoms with E-state index < -0.39 is 0 Å². The van der Waals surface area contributed by atoms with Crippen molar-refractivity contribution in [3.8, 4) is 0 Å². The van der Waals surface area contributed by atoms with Gasteiger partial charge in [0, 0.05) is 6.42 Å². The molecule has 0 spiro atoms. The first-order valence-corrected chi connectivity index (χ1v) is 9.19. The predicted molar refractivity (Wildman–Crippen MR) is 104 cm³/mol. The summed E-state index contributed by atoms with van der Waals surface area (Å²) < 4.78 is 6.02. The number of aromatic nitrogens is 1. The van der Waals surface area contributed by atoms with Crippen molar-refractivity contribution in [2.45, 2.75) is 40.2 Å². The number of nitrogens with one attached hydrogen (secondary N) is 2. The van der Waals surface area contributed by atoms with E-state index in [9.17, 15) is 9.59 Å². The number of anilines is 1. The standard InChI is InChI=1S/C17H21N3O3S2/c1-9(2)7-14(21)19-16(24)20-17-18-12-6-5-11(8-13(12)25-17)15(22)23-10(3)4/h5-6,8-10H,7H2,1-4H3,(H2,18,19,20,21,24). The van der Waals surface area contributed by atoms with E-state index in [2.05, 4.69) is 15.6 Å². The highest BCUT2D eigenvalue weighted by Gasteiger charge is 2.13. The Balaban J connectivity index is 2.06. The molecule has 2 rings (SSSR count). The molecule has 0 atom stereocenters. The molecule has 0 aliphatic heterocycles. The number of fused-ring (bicyclic) bond motifs is 1. The number of esters is 1. The lowest BCUT2D eigenvalue weighted by Crippen LogP contribution is -2.34. The first kappa shape index (κ1) is 19.3. The van der Waals surface area contributed by atoms with Crippen molar-refractivity contribution >= 4 is 55.9 Å². The Kier molecular flexibility index (Phi) is 6.44. The minimum absolute atomic E-state index is 0.132. The lowest BCUT2D eigenvalue weighted by atomic mass is 10.1. The van der Waals surface area contributed by atoms with Gasteiger partial charge in [-0.1, -0.05) is 25.2 Å². The van der Waals surface area contributed by atoms with E-state index in [1.807, 2.05) is 13.8 Å². The number of amides is 1. The van der Waals surface area contributed by atoms with Crippen molar-refractivity contribution in [2.75, 3.05) is 5.32 Å². The van der Waals surface area contributed by atoms with Crippen LogP contribution in [0.1, 0.15) is 44.5 Å². The average Bonchev–Trinajstić information content (AvgIpc) is 2.85. The molecule has 2 N–H and O–H groups in total. The van der Waals surface area contributed by atoms with Crippen LogP contribution in [0.25, 0.3) is 10.2 Å². The Bertz CT molecular complexity index is 800. The number of hydrogen-bond donors (Lipinski definition) is 2. The van der Waals surface area contributed by atoms with Gasteiger partial charge in [-0.3, -0.25) is 4.79 Å². The highest BCUT2D eigenvalue weighted by Crippen LogP contribution is 2.27. The van der Waals surface area contributed by atoms with Crippen LogP contribution in [0.5, 0.6) is 0 Å². The topological polar surface area (TPSA) is 80.3 Å². The van der Waals surface area contributed by atoms with Gasteiger partial charge >= 0.3 is 5.97 Å². The third-order valence-electron chi connectivity index (χ3n) is 3.03. The highest BCUT2D eigenvalue weighted by atomic mass is 32.1.